The molecule has 2 rings (SSSR count). The van der Waals surface area contributed by atoms with Crippen molar-refractivity contribution in [3.05, 3.63) is 57.6 Å². The van der Waals surface area contributed by atoms with E-state index in [1.807, 2.05) is 24.3 Å². The second-order valence-electron chi connectivity index (χ2n) is 2.94. The predicted octanol–water partition coefficient (Wildman–Crippen LogP) is 2.97. The molecule has 1 N–H and O–H groups in total. The van der Waals surface area contributed by atoms with Crippen LogP contribution in [-0.4, -0.2) is 5.11 Å². The van der Waals surface area contributed by atoms with Gasteiger partial charge in [-0.05, 0) is 40.8 Å². The molecule has 0 radical (unpaired) electrons. The zero-order chi connectivity index (χ0) is 9.97. The molecule has 72 valence electrons. The summed E-state index contributed by atoms with van der Waals surface area (Å²) in [5.41, 5.74) is 0.878. The first-order valence-electron chi connectivity index (χ1n) is 4.25. The molecule has 1 atom stereocenters. The Kier molecular flexibility index (Phi) is 2.88. The Morgan fingerprint density at radius 1 is 1.14 bits per heavy atom. The van der Waals surface area contributed by atoms with Gasteiger partial charge in [0.25, 0.3) is 0 Å². The molecule has 0 aliphatic heterocycles. The number of furan rings is 1. The molecule has 0 amide bonds. The lowest BCUT2D eigenvalue weighted by molar-refractivity contribution is 0.188. The summed E-state index contributed by atoms with van der Waals surface area (Å²) in [6.07, 6.45) is 0.895. The van der Waals surface area contributed by atoms with E-state index >= 15 is 0 Å². The fourth-order valence-corrected chi connectivity index (χ4v) is 1.98. The van der Waals surface area contributed by atoms with Gasteiger partial charge in [-0.2, -0.15) is 0 Å². The van der Waals surface area contributed by atoms with Gasteiger partial charge in [0, 0.05) is 9.13 Å². The SMILES string of the molecule is OC(c1ccco1)c1ccccc1I. The van der Waals surface area contributed by atoms with Crippen molar-refractivity contribution in [3.8, 4) is 0 Å². The van der Waals surface area contributed by atoms with Crippen molar-refractivity contribution in [3.63, 3.8) is 0 Å². The quantitative estimate of drug-likeness (QED) is 0.865. The van der Waals surface area contributed by atoms with Gasteiger partial charge in [-0.15, -0.1) is 0 Å². The Hall–Kier alpha value is -0.810. The first kappa shape index (κ1) is 9.73. The van der Waals surface area contributed by atoms with Crippen LogP contribution in [0.15, 0.2) is 47.1 Å². The van der Waals surface area contributed by atoms with E-state index in [4.69, 9.17) is 4.42 Å². The summed E-state index contributed by atoms with van der Waals surface area (Å²) in [6.45, 7) is 0. The lowest BCUT2D eigenvalue weighted by Gasteiger charge is -2.09. The summed E-state index contributed by atoms with van der Waals surface area (Å²) in [4.78, 5) is 0. The molecule has 2 nitrogen and oxygen atoms in total. The van der Waals surface area contributed by atoms with Crippen LogP contribution < -0.4 is 0 Å². The predicted molar refractivity (Wildman–Crippen MR) is 61.9 cm³/mol. The Morgan fingerprint density at radius 2 is 1.93 bits per heavy atom. The van der Waals surface area contributed by atoms with Crippen LogP contribution in [-0.2, 0) is 0 Å². The van der Waals surface area contributed by atoms with Gasteiger partial charge in [-0.3, -0.25) is 0 Å². The van der Waals surface area contributed by atoms with Crippen LogP contribution in [0.4, 0.5) is 0 Å². The number of aliphatic hydroxyl groups excluding tert-OH is 1. The van der Waals surface area contributed by atoms with Gasteiger partial charge >= 0.3 is 0 Å². The number of hydrogen-bond acceptors (Lipinski definition) is 2. The molecule has 1 unspecified atom stereocenters. The highest BCUT2D eigenvalue weighted by atomic mass is 127. The molecule has 2 aromatic rings. The highest BCUT2D eigenvalue weighted by molar-refractivity contribution is 14.1. The van der Waals surface area contributed by atoms with Crippen molar-refractivity contribution < 1.29 is 9.52 Å². The zero-order valence-electron chi connectivity index (χ0n) is 7.35. The minimum absolute atomic E-state index is 0.578. The van der Waals surface area contributed by atoms with Gasteiger partial charge < -0.3 is 9.52 Å². The van der Waals surface area contributed by atoms with Gasteiger partial charge in [0.2, 0.25) is 0 Å². The number of halogens is 1. The molecular weight excluding hydrogens is 291 g/mol. The second-order valence-corrected chi connectivity index (χ2v) is 4.10. The van der Waals surface area contributed by atoms with E-state index in [-0.39, 0.29) is 0 Å². The molecule has 1 heterocycles. The van der Waals surface area contributed by atoms with Gasteiger partial charge in [-0.25, -0.2) is 0 Å². The molecule has 0 saturated heterocycles. The van der Waals surface area contributed by atoms with Crippen molar-refractivity contribution in [2.45, 2.75) is 6.10 Å². The van der Waals surface area contributed by atoms with Crippen LogP contribution in [0.2, 0.25) is 0 Å². The summed E-state index contributed by atoms with van der Waals surface area (Å²) in [6, 6.07) is 11.3. The van der Waals surface area contributed by atoms with E-state index in [2.05, 4.69) is 22.6 Å². The first-order valence-corrected chi connectivity index (χ1v) is 5.33. The smallest absolute Gasteiger partial charge is 0.138 e. The minimum atomic E-state index is -0.668. The highest BCUT2D eigenvalue weighted by Crippen LogP contribution is 2.25. The van der Waals surface area contributed by atoms with Gasteiger partial charge in [0.15, 0.2) is 0 Å². The zero-order valence-corrected chi connectivity index (χ0v) is 9.51. The average Bonchev–Trinajstić information content (AvgIpc) is 2.70. The lowest BCUT2D eigenvalue weighted by atomic mass is 10.1. The number of benzene rings is 1. The van der Waals surface area contributed by atoms with E-state index < -0.39 is 6.10 Å². The summed E-state index contributed by atoms with van der Waals surface area (Å²) in [7, 11) is 0. The molecular formula is C11H9IO2. The van der Waals surface area contributed by atoms with Crippen molar-refractivity contribution >= 4 is 22.6 Å². The van der Waals surface area contributed by atoms with Gasteiger partial charge in [0.1, 0.15) is 11.9 Å². The van der Waals surface area contributed by atoms with Crippen LogP contribution in [0.3, 0.4) is 0 Å². The van der Waals surface area contributed by atoms with Crippen LogP contribution in [0, 0.1) is 3.57 Å². The maximum Gasteiger partial charge on any atom is 0.138 e. The van der Waals surface area contributed by atoms with Gasteiger partial charge in [-0.1, -0.05) is 18.2 Å². The molecule has 0 aliphatic carbocycles. The first-order chi connectivity index (χ1) is 6.79. The summed E-state index contributed by atoms with van der Waals surface area (Å²) >= 11 is 2.20. The third kappa shape index (κ3) is 1.83. The van der Waals surface area contributed by atoms with Gasteiger partial charge in [0.05, 0.1) is 6.26 Å². The topological polar surface area (TPSA) is 33.4 Å². The van der Waals surface area contributed by atoms with Crippen molar-refractivity contribution in [1.29, 1.82) is 0 Å². The Bertz CT molecular complexity index is 409. The summed E-state index contributed by atoms with van der Waals surface area (Å²) in [5, 5.41) is 9.96. The molecule has 0 spiro atoms. The molecule has 1 aromatic carbocycles. The van der Waals surface area contributed by atoms with E-state index in [1.165, 1.54) is 0 Å². The van der Waals surface area contributed by atoms with Crippen LogP contribution in [0.25, 0.3) is 0 Å². The fourth-order valence-electron chi connectivity index (χ4n) is 1.30. The van der Waals surface area contributed by atoms with Crippen LogP contribution >= 0.6 is 22.6 Å². The average molecular weight is 300 g/mol. The van der Waals surface area contributed by atoms with E-state index in [0.29, 0.717) is 5.76 Å². The number of rotatable bonds is 2. The standard InChI is InChI=1S/C11H9IO2/c12-9-5-2-1-4-8(9)11(13)10-6-3-7-14-10/h1-7,11,13H. The third-order valence-electron chi connectivity index (χ3n) is 2.01. The van der Waals surface area contributed by atoms with Crippen LogP contribution in [0.1, 0.15) is 17.4 Å². The molecule has 14 heavy (non-hydrogen) atoms. The van der Waals surface area contributed by atoms with Crippen molar-refractivity contribution in [2.24, 2.45) is 0 Å². The number of hydrogen-bond donors (Lipinski definition) is 1. The minimum Gasteiger partial charge on any atom is -0.466 e. The fraction of sp³-hybridized carbons (Fsp3) is 0.0909. The summed E-state index contributed by atoms with van der Waals surface area (Å²) < 4.78 is 6.19. The maximum absolute atomic E-state index is 9.96. The molecule has 1 aromatic heterocycles. The second kappa shape index (κ2) is 4.14. The van der Waals surface area contributed by atoms with Crippen molar-refractivity contribution in [1.82, 2.24) is 0 Å². The third-order valence-corrected chi connectivity index (χ3v) is 2.99. The largest absolute Gasteiger partial charge is 0.466 e. The van der Waals surface area contributed by atoms with Crippen molar-refractivity contribution in [2.75, 3.05) is 0 Å². The van der Waals surface area contributed by atoms with Crippen LogP contribution in [0.5, 0.6) is 0 Å². The van der Waals surface area contributed by atoms with E-state index in [9.17, 15) is 5.11 Å². The van der Waals surface area contributed by atoms with E-state index in [1.54, 1.807) is 18.4 Å². The normalized spacial score (nSPS) is 12.7. The molecule has 0 saturated carbocycles. The van der Waals surface area contributed by atoms with E-state index in [0.717, 1.165) is 9.13 Å². The molecule has 0 fully saturated rings. The Morgan fingerprint density at radius 3 is 2.57 bits per heavy atom. The molecule has 0 bridgehead atoms. The Labute approximate surface area is 95.7 Å². The maximum atomic E-state index is 9.96. The monoisotopic (exact) mass is 300 g/mol. The molecule has 3 heteroatoms. The Balaban J connectivity index is 2.37. The highest BCUT2D eigenvalue weighted by Gasteiger charge is 2.14. The summed E-state index contributed by atoms with van der Waals surface area (Å²) in [5.74, 6) is 0.578. The number of aliphatic hydroxyl groups is 1. The lowest BCUT2D eigenvalue weighted by Crippen LogP contribution is -1.99. The molecule has 0 aliphatic rings.